The van der Waals surface area contributed by atoms with E-state index >= 15 is 0 Å². The third kappa shape index (κ3) is 4.82. The fraction of sp³-hybridized carbons (Fsp3) is 0.167. The molecule has 32 heavy (non-hydrogen) atoms. The number of anilines is 1. The van der Waals surface area contributed by atoms with E-state index in [0.29, 0.717) is 34.4 Å². The molecule has 1 aromatic carbocycles. The van der Waals surface area contributed by atoms with E-state index in [2.05, 4.69) is 20.3 Å². The number of aromatic nitrogens is 3. The molecule has 0 aliphatic rings. The lowest BCUT2D eigenvalue weighted by Gasteiger charge is -2.12. The minimum Gasteiger partial charge on any atom is -0.384 e. The highest BCUT2D eigenvalue weighted by atomic mass is 35.5. The lowest BCUT2D eigenvalue weighted by atomic mass is 10.0. The Morgan fingerprint density at radius 1 is 1.06 bits per heavy atom. The number of pyridine rings is 3. The van der Waals surface area contributed by atoms with Crippen molar-refractivity contribution in [3.05, 3.63) is 92.5 Å². The SMILES string of the molecule is Cc1cc(N)nc(C)c1CNC(=O)c1ccnc(Cc2cc(Cl)cc3cc(Cl)cnc23)c1. The zero-order valence-corrected chi connectivity index (χ0v) is 19.1. The predicted octanol–water partition coefficient (Wildman–Crippen LogP) is 5.05. The minimum atomic E-state index is -0.190. The van der Waals surface area contributed by atoms with Crippen LogP contribution in [0.3, 0.4) is 0 Å². The smallest absolute Gasteiger partial charge is 0.251 e. The third-order valence-corrected chi connectivity index (χ3v) is 5.67. The highest BCUT2D eigenvalue weighted by Crippen LogP contribution is 2.26. The van der Waals surface area contributed by atoms with Gasteiger partial charge in [0.15, 0.2) is 0 Å². The standard InChI is InChI=1S/C24H21Cl2N5O/c1-13-5-22(27)31-14(2)21(13)12-30-24(32)15-3-4-28-20(9-15)10-17-7-18(25)6-16-8-19(26)11-29-23(16)17/h3-9,11H,10,12H2,1-2H3,(H2,27,31)(H,30,32). The summed E-state index contributed by atoms with van der Waals surface area (Å²) in [4.78, 5) is 25.9. The van der Waals surface area contributed by atoms with Gasteiger partial charge in [0, 0.05) is 52.7 Å². The summed E-state index contributed by atoms with van der Waals surface area (Å²) in [5, 5.41) is 4.95. The van der Waals surface area contributed by atoms with E-state index < -0.39 is 0 Å². The highest BCUT2D eigenvalue weighted by Gasteiger charge is 2.12. The predicted molar refractivity (Wildman–Crippen MR) is 128 cm³/mol. The van der Waals surface area contributed by atoms with Gasteiger partial charge in [-0.2, -0.15) is 0 Å². The van der Waals surface area contributed by atoms with E-state index in [1.54, 1.807) is 30.6 Å². The Labute approximate surface area is 195 Å². The van der Waals surface area contributed by atoms with Gasteiger partial charge < -0.3 is 11.1 Å². The summed E-state index contributed by atoms with van der Waals surface area (Å²) in [5.74, 6) is 0.282. The van der Waals surface area contributed by atoms with Crippen LogP contribution in [-0.2, 0) is 13.0 Å². The van der Waals surface area contributed by atoms with Gasteiger partial charge in [0.1, 0.15) is 5.82 Å². The molecule has 0 spiro atoms. The Morgan fingerprint density at radius 3 is 2.62 bits per heavy atom. The number of carbonyl (C=O) groups excluding carboxylic acids is 1. The van der Waals surface area contributed by atoms with E-state index in [1.165, 1.54) is 0 Å². The van der Waals surface area contributed by atoms with Gasteiger partial charge in [-0.05, 0) is 66.9 Å². The van der Waals surface area contributed by atoms with Crippen molar-refractivity contribution in [3.63, 3.8) is 0 Å². The van der Waals surface area contributed by atoms with Crippen molar-refractivity contribution in [1.29, 1.82) is 0 Å². The lowest BCUT2D eigenvalue weighted by molar-refractivity contribution is 0.0950. The van der Waals surface area contributed by atoms with Crippen molar-refractivity contribution in [2.45, 2.75) is 26.8 Å². The summed E-state index contributed by atoms with van der Waals surface area (Å²) in [5.41, 5.74) is 11.5. The van der Waals surface area contributed by atoms with Gasteiger partial charge in [0.25, 0.3) is 5.91 Å². The third-order valence-electron chi connectivity index (χ3n) is 5.24. The average Bonchev–Trinajstić information content (AvgIpc) is 2.72. The van der Waals surface area contributed by atoms with Crippen LogP contribution in [-0.4, -0.2) is 20.9 Å². The molecular weight excluding hydrogens is 445 g/mol. The van der Waals surface area contributed by atoms with E-state index in [4.69, 9.17) is 28.9 Å². The molecule has 0 unspecified atom stereocenters. The quantitative estimate of drug-likeness (QED) is 0.429. The number of fused-ring (bicyclic) bond motifs is 1. The number of aryl methyl sites for hydroxylation is 2. The molecule has 3 aromatic heterocycles. The number of nitrogens with one attached hydrogen (secondary N) is 1. The molecule has 6 nitrogen and oxygen atoms in total. The fourth-order valence-corrected chi connectivity index (χ4v) is 4.15. The van der Waals surface area contributed by atoms with E-state index in [0.717, 1.165) is 39.0 Å². The summed E-state index contributed by atoms with van der Waals surface area (Å²) in [6.45, 7) is 4.20. The van der Waals surface area contributed by atoms with Crippen LogP contribution >= 0.6 is 23.2 Å². The lowest BCUT2D eigenvalue weighted by Crippen LogP contribution is -2.24. The van der Waals surface area contributed by atoms with E-state index in [9.17, 15) is 4.79 Å². The Balaban J connectivity index is 1.54. The number of hydrogen-bond acceptors (Lipinski definition) is 5. The van der Waals surface area contributed by atoms with Crippen molar-refractivity contribution in [2.24, 2.45) is 0 Å². The summed E-state index contributed by atoms with van der Waals surface area (Å²) in [6, 6.07) is 10.8. The Morgan fingerprint density at radius 2 is 1.84 bits per heavy atom. The van der Waals surface area contributed by atoms with Crippen molar-refractivity contribution in [1.82, 2.24) is 20.3 Å². The molecule has 0 fully saturated rings. The van der Waals surface area contributed by atoms with Crippen molar-refractivity contribution < 1.29 is 4.79 Å². The number of benzene rings is 1. The number of nitrogen functional groups attached to an aromatic ring is 1. The number of hydrogen-bond donors (Lipinski definition) is 2. The zero-order valence-electron chi connectivity index (χ0n) is 17.6. The maximum absolute atomic E-state index is 12.8. The number of nitrogens with zero attached hydrogens (tertiary/aromatic N) is 3. The molecule has 0 atom stereocenters. The number of rotatable bonds is 5. The second-order valence-corrected chi connectivity index (χ2v) is 8.49. The van der Waals surface area contributed by atoms with Crippen LogP contribution in [0, 0.1) is 13.8 Å². The highest BCUT2D eigenvalue weighted by molar-refractivity contribution is 6.32. The van der Waals surface area contributed by atoms with Gasteiger partial charge in [-0.15, -0.1) is 0 Å². The second kappa shape index (κ2) is 9.10. The van der Waals surface area contributed by atoms with Crippen LogP contribution in [0.25, 0.3) is 10.9 Å². The molecule has 162 valence electrons. The molecule has 8 heteroatoms. The van der Waals surface area contributed by atoms with E-state index in [1.807, 2.05) is 32.0 Å². The van der Waals surface area contributed by atoms with Crippen molar-refractivity contribution in [2.75, 3.05) is 5.73 Å². The topological polar surface area (TPSA) is 93.8 Å². The maximum atomic E-state index is 12.8. The molecule has 0 bridgehead atoms. The molecule has 0 aliphatic carbocycles. The minimum absolute atomic E-state index is 0.190. The van der Waals surface area contributed by atoms with Gasteiger partial charge in [0.2, 0.25) is 0 Å². The largest absolute Gasteiger partial charge is 0.384 e. The molecule has 1 amide bonds. The normalized spacial score (nSPS) is 11.0. The molecule has 0 saturated carbocycles. The number of halogens is 2. The summed E-state index contributed by atoms with van der Waals surface area (Å²) in [6.07, 6.45) is 3.71. The molecule has 4 rings (SSSR count). The van der Waals surface area contributed by atoms with Gasteiger partial charge >= 0.3 is 0 Å². The van der Waals surface area contributed by atoms with Crippen LogP contribution < -0.4 is 11.1 Å². The van der Waals surface area contributed by atoms with Crippen LogP contribution in [0.1, 0.15) is 38.4 Å². The van der Waals surface area contributed by atoms with Gasteiger partial charge in [0.05, 0.1) is 10.5 Å². The van der Waals surface area contributed by atoms with Crippen LogP contribution in [0.4, 0.5) is 5.82 Å². The second-order valence-electron chi connectivity index (χ2n) is 7.61. The molecule has 0 aliphatic heterocycles. The Kier molecular flexibility index (Phi) is 6.26. The zero-order chi connectivity index (χ0) is 22.8. The first kappa shape index (κ1) is 22.0. The van der Waals surface area contributed by atoms with Gasteiger partial charge in [-0.25, -0.2) is 4.98 Å². The van der Waals surface area contributed by atoms with Crippen molar-refractivity contribution in [3.8, 4) is 0 Å². The van der Waals surface area contributed by atoms with Crippen LogP contribution in [0.15, 0.2) is 48.8 Å². The number of nitrogens with two attached hydrogens (primary N) is 1. The average molecular weight is 466 g/mol. The monoisotopic (exact) mass is 465 g/mol. The van der Waals surface area contributed by atoms with Crippen LogP contribution in [0.5, 0.6) is 0 Å². The molecule has 4 aromatic rings. The Bertz CT molecular complexity index is 1310. The Hall–Kier alpha value is -3.22. The van der Waals surface area contributed by atoms with Crippen molar-refractivity contribution >= 4 is 45.8 Å². The number of amides is 1. The summed E-state index contributed by atoms with van der Waals surface area (Å²) in [7, 11) is 0. The summed E-state index contributed by atoms with van der Waals surface area (Å²) >= 11 is 12.4. The molecule has 3 heterocycles. The van der Waals surface area contributed by atoms with E-state index in [-0.39, 0.29) is 5.91 Å². The first-order chi connectivity index (χ1) is 15.3. The molecule has 3 N–H and O–H groups in total. The first-order valence-electron chi connectivity index (χ1n) is 9.99. The van der Waals surface area contributed by atoms with Gasteiger partial charge in [-0.3, -0.25) is 14.8 Å². The molecule has 0 saturated heterocycles. The maximum Gasteiger partial charge on any atom is 0.251 e. The fourth-order valence-electron chi connectivity index (χ4n) is 3.73. The first-order valence-corrected chi connectivity index (χ1v) is 10.7. The summed E-state index contributed by atoms with van der Waals surface area (Å²) < 4.78 is 0. The van der Waals surface area contributed by atoms with Gasteiger partial charge in [-0.1, -0.05) is 23.2 Å². The number of carbonyl (C=O) groups is 1. The van der Waals surface area contributed by atoms with Crippen LogP contribution in [0.2, 0.25) is 10.0 Å². The molecular formula is C24H21Cl2N5O. The molecule has 0 radical (unpaired) electrons.